The van der Waals surface area contributed by atoms with Gasteiger partial charge in [0.05, 0.1) is 5.57 Å². The average molecular weight is 224 g/mol. The zero-order valence-corrected chi connectivity index (χ0v) is 8.21. The number of aliphatic carboxylic acids is 1. The molecule has 0 fully saturated rings. The summed E-state index contributed by atoms with van der Waals surface area (Å²) in [6, 6.07) is 4.83. The lowest BCUT2D eigenvalue weighted by molar-refractivity contribution is -0.131. The average Bonchev–Trinajstić information content (AvgIpc) is 2.43. The van der Waals surface area contributed by atoms with Gasteiger partial charge < -0.3 is 10.4 Å². The SMILES string of the molecule is O=C(O)/C=C1/C(=O)Nc2ccc(Cl)cc21. The number of anilines is 1. The summed E-state index contributed by atoms with van der Waals surface area (Å²) in [6.07, 6.45) is 0.873. The minimum absolute atomic E-state index is 0.125. The lowest BCUT2D eigenvalue weighted by atomic mass is 10.1. The van der Waals surface area contributed by atoms with Crippen LogP contribution in [0.25, 0.3) is 5.57 Å². The number of amides is 1. The Hall–Kier alpha value is -1.81. The van der Waals surface area contributed by atoms with Crippen LogP contribution in [0.1, 0.15) is 5.56 Å². The number of hydrogen-bond acceptors (Lipinski definition) is 2. The molecule has 2 rings (SSSR count). The number of benzene rings is 1. The predicted octanol–water partition coefficient (Wildman–Crippen LogP) is 1.76. The van der Waals surface area contributed by atoms with Crippen LogP contribution in [0.4, 0.5) is 5.69 Å². The topological polar surface area (TPSA) is 66.4 Å². The standard InChI is InChI=1S/C10H6ClNO3/c11-5-1-2-8-6(3-5)7(4-9(13)14)10(15)12-8/h1-4H,(H,12,15)(H,13,14)/b7-4+. The highest BCUT2D eigenvalue weighted by molar-refractivity contribution is 6.35. The number of rotatable bonds is 1. The van der Waals surface area contributed by atoms with Gasteiger partial charge in [-0.25, -0.2) is 4.79 Å². The summed E-state index contributed by atoms with van der Waals surface area (Å²) in [5, 5.41) is 11.6. The van der Waals surface area contributed by atoms with E-state index in [1.54, 1.807) is 18.2 Å². The Morgan fingerprint density at radius 1 is 1.47 bits per heavy atom. The van der Waals surface area contributed by atoms with Crippen molar-refractivity contribution in [2.75, 3.05) is 5.32 Å². The van der Waals surface area contributed by atoms with Crippen LogP contribution in [-0.4, -0.2) is 17.0 Å². The van der Waals surface area contributed by atoms with Gasteiger partial charge in [0.2, 0.25) is 0 Å². The first-order valence-corrected chi connectivity index (χ1v) is 4.51. The lowest BCUT2D eigenvalue weighted by Crippen LogP contribution is -2.05. The second kappa shape index (κ2) is 3.40. The van der Waals surface area contributed by atoms with Gasteiger partial charge in [-0.05, 0) is 18.2 Å². The number of halogens is 1. The van der Waals surface area contributed by atoms with E-state index in [-0.39, 0.29) is 5.57 Å². The second-order valence-electron chi connectivity index (χ2n) is 3.04. The molecule has 1 aliphatic heterocycles. The molecular formula is C10H6ClNO3. The van der Waals surface area contributed by atoms with Crippen LogP contribution in [0.3, 0.4) is 0 Å². The van der Waals surface area contributed by atoms with Crippen LogP contribution in [-0.2, 0) is 9.59 Å². The van der Waals surface area contributed by atoms with Gasteiger partial charge in [0.1, 0.15) is 0 Å². The van der Waals surface area contributed by atoms with Crippen LogP contribution in [0.5, 0.6) is 0 Å². The van der Waals surface area contributed by atoms with Crippen LogP contribution in [0, 0.1) is 0 Å². The van der Waals surface area contributed by atoms with Crippen LogP contribution >= 0.6 is 11.6 Å². The molecule has 15 heavy (non-hydrogen) atoms. The van der Waals surface area contributed by atoms with Crippen molar-refractivity contribution in [1.29, 1.82) is 0 Å². The van der Waals surface area contributed by atoms with Crippen LogP contribution < -0.4 is 5.32 Å². The molecule has 1 aromatic rings. The van der Waals surface area contributed by atoms with Gasteiger partial charge in [0, 0.05) is 22.3 Å². The Morgan fingerprint density at radius 2 is 2.20 bits per heavy atom. The highest BCUT2D eigenvalue weighted by atomic mass is 35.5. The fourth-order valence-electron chi connectivity index (χ4n) is 1.43. The number of nitrogens with one attached hydrogen (secondary N) is 1. The van der Waals surface area contributed by atoms with Crippen molar-refractivity contribution in [3.63, 3.8) is 0 Å². The third-order valence-electron chi connectivity index (χ3n) is 2.03. The molecule has 2 N–H and O–H groups in total. The summed E-state index contributed by atoms with van der Waals surface area (Å²) in [5.74, 6) is -1.58. The molecule has 1 aliphatic rings. The van der Waals surface area contributed by atoms with E-state index in [0.29, 0.717) is 16.3 Å². The van der Waals surface area contributed by atoms with Gasteiger partial charge in [0.25, 0.3) is 5.91 Å². The van der Waals surface area contributed by atoms with Crippen LogP contribution in [0.2, 0.25) is 5.02 Å². The summed E-state index contributed by atoms with van der Waals surface area (Å²) in [7, 11) is 0. The molecule has 0 radical (unpaired) electrons. The molecule has 0 saturated carbocycles. The van der Waals surface area contributed by atoms with Crippen molar-refractivity contribution in [2.45, 2.75) is 0 Å². The zero-order chi connectivity index (χ0) is 11.0. The number of carboxylic acids is 1. The number of carboxylic acid groups (broad SMARTS) is 1. The summed E-state index contributed by atoms with van der Waals surface area (Å²) in [4.78, 5) is 21.9. The quantitative estimate of drug-likeness (QED) is 0.713. The van der Waals surface area contributed by atoms with E-state index in [9.17, 15) is 9.59 Å². The van der Waals surface area contributed by atoms with Crippen molar-refractivity contribution in [3.8, 4) is 0 Å². The van der Waals surface area contributed by atoms with Crippen molar-refractivity contribution in [1.82, 2.24) is 0 Å². The molecule has 0 saturated heterocycles. The fourth-order valence-corrected chi connectivity index (χ4v) is 1.60. The Labute approximate surface area is 90.2 Å². The van der Waals surface area contributed by atoms with Gasteiger partial charge in [-0.1, -0.05) is 11.6 Å². The van der Waals surface area contributed by atoms with Crippen molar-refractivity contribution < 1.29 is 14.7 Å². The second-order valence-corrected chi connectivity index (χ2v) is 3.48. The Bertz CT molecular complexity index is 493. The molecule has 0 unspecified atom stereocenters. The first-order chi connectivity index (χ1) is 7.08. The van der Waals surface area contributed by atoms with E-state index in [1.165, 1.54) is 0 Å². The maximum absolute atomic E-state index is 11.4. The third-order valence-corrected chi connectivity index (χ3v) is 2.27. The van der Waals surface area contributed by atoms with E-state index < -0.39 is 11.9 Å². The highest BCUT2D eigenvalue weighted by Gasteiger charge is 2.24. The summed E-state index contributed by atoms with van der Waals surface area (Å²) in [6.45, 7) is 0. The predicted molar refractivity (Wildman–Crippen MR) is 55.7 cm³/mol. The van der Waals surface area contributed by atoms with Crippen molar-refractivity contribution in [3.05, 3.63) is 34.9 Å². The number of carbonyl (C=O) groups is 2. The first-order valence-electron chi connectivity index (χ1n) is 4.14. The molecule has 1 aromatic carbocycles. The van der Waals surface area contributed by atoms with Gasteiger partial charge >= 0.3 is 5.97 Å². The zero-order valence-electron chi connectivity index (χ0n) is 7.45. The molecule has 1 heterocycles. The minimum Gasteiger partial charge on any atom is -0.478 e. The minimum atomic E-state index is -1.16. The molecule has 0 aliphatic carbocycles. The largest absolute Gasteiger partial charge is 0.478 e. The summed E-state index contributed by atoms with van der Waals surface area (Å²) >= 11 is 5.76. The van der Waals surface area contributed by atoms with E-state index in [4.69, 9.17) is 16.7 Å². The normalized spacial score (nSPS) is 16.3. The van der Waals surface area contributed by atoms with E-state index in [2.05, 4.69) is 5.32 Å². The van der Waals surface area contributed by atoms with Gasteiger partial charge in [0.15, 0.2) is 0 Å². The molecule has 1 amide bonds. The molecule has 4 nitrogen and oxygen atoms in total. The van der Waals surface area contributed by atoms with E-state index in [1.807, 2.05) is 0 Å². The molecule has 0 aromatic heterocycles. The number of hydrogen-bond donors (Lipinski definition) is 2. The molecule has 0 atom stereocenters. The summed E-state index contributed by atoms with van der Waals surface area (Å²) in [5.41, 5.74) is 1.23. The monoisotopic (exact) mass is 223 g/mol. The Morgan fingerprint density at radius 3 is 2.87 bits per heavy atom. The van der Waals surface area contributed by atoms with Crippen molar-refractivity contribution in [2.24, 2.45) is 0 Å². The van der Waals surface area contributed by atoms with Gasteiger partial charge in [-0.2, -0.15) is 0 Å². The molecule has 5 heteroatoms. The van der Waals surface area contributed by atoms with E-state index >= 15 is 0 Å². The fraction of sp³-hybridized carbons (Fsp3) is 0. The number of fused-ring (bicyclic) bond motifs is 1. The smallest absolute Gasteiger partial charge is 0.329 e. The maximum atomic E-state index is 11.4. The summed E-state index contributed by atoms with van der Waals surface area (Å²) < 4.78 is 0. The first kappa shape index (κ1) is 9.73. The van der Waals surface area contributed by atoms with Crippen molar-refractivity contribution >= 4 is 34.7 Å². The Balaban J connectivity index is 2.58. The van der Waals surface area contributed by atoms with Crippen LogP contribution in [0.15, 0.2) is 24.3 Å². The van der Waals surface area contributed by atoms with Gasteiger partial charge in [-0.15, -0.1) is 0 Å². The third kappa shape index (κ3) is 1.71. The maximum Gasteiger partial charge on any atom is 0.329 e. The molecule has 76 valence electrons. The molecular weight excluding hydrogens is 218 g/mol. The lowest BCUT2D eigenvalue weighted by Gasteiger charge is -1.97. The Kier molecular flexibility index (Phi) is 2.21. The number of carbonyl (C=O) groups excluding carboxylic acids is 1. The van der Waals surface area contributed by atoms with E-state index in [0.717, 1.165) is 6.08 Å². The van der Waals surface area contributed by atoms with Gasteiger partial charge in [-0.3, -0.25) is 4.79 Å². The highest BCUT2D eigenvalue weighted by Crippen LogP contribution is 2.33. The molecule has 0 spiro atoms. The molecule has 0 bridgehead atoms.